The van der Waals surface area contributed by atoms with Gasteiger partial charge in [0.15, 0.2) is 5.78 Å². The zero-order valence-electron chi connectivity index (χ0n) is 8.45. The molecule has 0 spiro atoms. The monoisotopic (exact) mass is 357 g/mol. The molecule has 0 fully saturated rings. The first-order chi connectivity index (χ1) is 7.82. The molecule has 92 valence electrons. The van der Waals surface area contributed by atoms with Crippen molar-refractivity contribution in [1.29, 1.82) is 0 Å². The van der Waals surface area contributed by atoms with Gasteiger partial charge in [0, 0.05) is 9.64 Å². The number of alkyl halides is 2. The molecular weight excluding hydrogens is 351 g/mol. The van der Waals surface area contributed by atoms with Crippen molar-refractivity contribution in [3.05, 3.63) is 31.4 Å². The number of nitrogens with zero attached hydrogens (tertiary/aromatic N) is 1. The van der Waals surface area contributed by atoms with Crippen molar-refractivity contribution in [2.45, 2.75) is 13.5 Å². The SMILES string of the molecule is CC(=O)c1cc(I)cc([N+](=O)[O-])c1OC(F)F. The summed E-state index contributed by atoms with van der Waals surface area (Å²) in [6, 6.07) is 2.32. The normalized spacial score (nSPS) is 10.4. The quantitative estimate of drug-likeness (QED) is 0.360. The van der Waals surface area contributed by atoms with Crippen LogP contribution in [0.3, 0.4) is 0 Å². The average Bonchev–Trinajstić information content (AvgIpc) is 2.18. The molecule has 0 aliphatic heterocycles. The number of benzene rings is 1. The minimum Gasteiger partial charge on any atom is -0.427 e. The molecule has 1 rings (SSSR count). The molecule has 8 heteroatoms. The van der Waals surface area contributed by atoms with Gasteiger partial charge in [0.1, 0.15) is 0 Å². The van der Waals surface area contributed by atoms with Crippen LogP contribution < -0.4 is 4.74 Å². The number of ketones is 1. The number of hydrogen-bond acceptors (Lipinski definition) is 4. The molecule has 0 radical (unpaired) electrons. The molecule has 1 aromatic carbocycles. The highest BCUT2D eigenvalue weighted by atomic mass is 127. The predicted molar refractivity (Wildman–Crippen MR) is 62.4 cm³/mol. The summed E-state index contributed by atoms with van der Waals surface area (Å²) in [6.07, 6.45) is 0. The van der Waals surface area contributed by atoms with Gasteiger partial charge in [-0.05, 0) is 35.6 Å². The lowest BCUT2D eigenvalue weighted by Gasteiger charge is -2.09. The van der Waals surface area contributed by atoms with E-state index >= 15 is 0 Å². The van der Waals surface area contributed by atoms with Crippen LogP contribution in [0.5, 0.6) is 5.75 Å². The second-order valence-electron chi connectivity index (χ2n) is 2.99. The van der Waals surface area contributed by atoms with Crippen LogP contribution in [0.15, 0.2) is 12.1 Å². The minimum atomic E-state index is -3.23. The van der Waals surface area contributed by atoms with Gasteiger partial charge < -0.3 is 4.74 Å². The summed E-state index contributed by atoms with van der Waals surface area (Å²) < 4.78 is 28.7. The lowest BCUT2D eigenvalue weighted by molar-refractivity contribution is -0.386. The first-order valence-electron chi connectivity index (χ1n) is 4.26. The Bertz CT molecular complexity index is 443. The molecule has 0 saturated carbocycles. The zero-order valence-corrected chi connectivity index (χ0v) is 10.6. The minimum absolute atomic E-state index is 0.233. The smallest absolute Gasteiger partial charge is 0.387 e. The highest BCUT2D eigenvalue weighted by Gasteiger charge is 2.25. The van der Waals surface area contributed by atoms with Crippen molar-refractivity contribution < 1.29 is 23.2 Å². The highest BCUT2D eigenvalue weighted by molar-refractivity contribution is 14.1. The summed E-state index contributed by atoms with van der Waals surface area (Å²) in [7, 11) is 0. The lowest BCUT2D eigenvalue weighted by atomic mass is 10.1. The summed E-state index contributed by atoms with van der Waals surface area (Å²) in [6.45, 7) is -2.11. The van der Waals surface area contributed by atoms with Crippen LogP contribution in [0, 0.1) is 13.7 Å². The second-order valence-corrected chi connectivity index (χ2v) is 4.24. The maximum Gasteiger partial charge on any atom is 0.387 e. The van der Waals surface area contributed by atoms with Gasteiger partial charge >= 0.3 is 12.3 Å². The van der Waals surface area contributed by atoms with Crippen LogP contribution in [0.25, 0.3) is 0 Å². The molecule has 0 bridgehead atoms. The van der Waals surface area contributed by atoms with E-state index in [1.54, 1.807) is 22.6 Å². The van der Waals surface area contributed by atoms with E-state index in [1.807, 2.05) is 0 Å². The fourth-order valence-electron chi connectivity index (χ4n) is 1.19. The van der Waals surface area contributed by atoms with Crippen LogP contribution >= 0.6 is 22.6 Å². The number of rotatable bonds is 4. The summed E-state index contributed by atoms with van der Waals surface area (Å²) in [5, 5.41) is 10.7. The standard InChI is InChI=1S/C9H6F2INO4/c1-4(14)6-2-5(12)3-7(13(15)16)8(6)17-9(10)11/h2-3,9H,1H3. The third-order valence-electron chi connectivity index (χ3n) is 1.82. The molecular formula is C9H6F2INO4. The van der Waals surface area contributed by atoms with E-state index in [0.717, 1.165) is 13.0 Å². The fraction of sp³-hybridized carbons (Fsp3) is 0.222. The van der Waals surface area contributed by atoms with Gasteiger partial charge in [0.25, 0.3) is 0 Å². The predicted octanol–water partition coefficient (Wildman–Crippen LogP) is 3.00. The Kier molecular flexibility index (Phi) is 4.32. The molecule has 0 N–H and O–H groups in total. The van der Waals surface area contributed by atoms with Gasteiger partial charge in [-0.2, -0.15) is 8.78 Å². The van der Waals surface area contributed by atoms with Crippen LogP contribution in [0.2, 0.25) is 0 Å². The van der Waals surface area contributed by atoms with Crippen LogP contribution in [0.4, 0.5) is 14.5 Å². The third kappa shape index (κ3) is 3.32. The first-order valence-corrected chi connectivity index (χ1v) is 5.34. The molecule has 0 aromatic heterocycles. The average molecular weight is 357 g/mol. The Morgan fingerprint density at radius 2 is 2.12 bits per heavy atom. The molecule has 5 nitrogen and oxygen atoms in total. The molecule has 0 atom stereocenters. The fourth-order valence-corrected chi connectivity index (χ4v) is 1.80. The molecule has 1 aromatic rings. The molecule has 0 aliphatic rings. The van der Waals surface area contributed by atoms with E-state index < -0.39 is 28.8 Å². The molecule has 0 aliphatic carbocycles. The number of Topliss-reactive ketones (excluding diaryl/α,β-unsaturated/α-hetero) is 1. The Hall–Kier alpha value is -1.32. The van der Waals surface area contributed by atoms with Gasteiger partial charge in [-0.15, -0.1) is 0 Å². The molecule has 0 heterocycles. The van der Waals surface area contributed by atoms with E-state index in [2.05, 4.69) is 4.74 Å². The number of nitro groups is 1. The van der Waals surface area contributed by atoms with Crippen LogP contribution in [0.1, 0.15) is 17.3 Å². The summed E-state index contributed by atoms with van der Waals surface area (Å²) in [4.78, 5) is 21.1. The first kappa shape index (κ1) is 13.7. The summed E-state index contributed by atoms with van der Waals surface area (Å²) in [5.74, 6) is -1.28. The maximum absolute atomic E-state index is 12.1. The molecule has 0 unspecified atom stereocenters. The van der Waals surface area contributed by atoms with E-state index in [9.17, 15) is 23.7 Å². The number of ether oxygens (including phenoxy) is 1. The van der Waals surface area contributed by atoms with E-state index in [1.165, 1.54) is 6.07 Å². The molecule has 0 amide bonds. The van der Waals surface area contributed by atoms with Gasteiger partial charge in [-0.1, -0.05) is 0 Å². The van der Waals surface area contributed by atoms with Crippen molar-refractivity contribution >= 4 is 34.1 Å². The zero-order chi connectivity index (χ0) is 13.2. The van der Waals surface area contributed by atoms with Crippen LogP contribution in [-0.4, -0.2) is 17.3 Å². The number of halogens is 3. The van der Waals surface area contributed by atoms with Crippen molar-refractivity contribution in [3.8, 4) is 5.75 Å². The Labute approximate surface area is 108 Å². The Balaban J connectivity index is 3.47. The van der Waals surface area contributed by atoms with Crippen molar-refractivity contribution in [2.24, 2.45) is 0 Å². The van der Waals surface area contributed by atoms with Crippen molar-refractivity contribution in [1.82, 2.24) is 0 Å². The number of hydrogen-bond donors (Lipinski definition) is 0. The van der Waals surface area contributed by atoms with Gasteiger partial charge in [-0.3, -0.25) is 14.9 Å². The lowest BCUT2D eigenvalue weighted by Crippen LogP contribution is -2.09. The summed E-state index contributed by atoms with van der Waals surface area (Å²) in [5.41, 5.74) is -0.883. The second kappa shape index (κ2) is 5.34. The topological polar surface area (TPSA) is 69.4 Å². The summed E-state index contributed by atoms with van der Waals surface area (Å²) >= 11 is 1.75. The van der Waals surface area contributed by atoms with Gasteiger partial charge in [-0.25, -0.2) is 0 Å². The van der Waals surface area contributed by atoms with Gasteiger partial charge in [0.2, 0.25) is 5.75 Å². The highest BCUT2D eigenvalue weighted by Crippen LogP contribution is 2.34. The van der Waals surface area contributed by atoms with Crippen molar-refractivity contribution in [2.75, 3.05) is 0 Å². The molecule has 0 saturated heterocycles. The van der Waals surface area contributed by atoms with Crippen molar-refractivity contribution in [3.63, 3.8) is 0 Å². The number of nitro benzene ring substituents is 1. The van der Waals surface area contributed by atoms with E-state index in [4.69, 9.17) is 0 Å². The van der Waals surface area contributed by atoms with Gasteiger partial charge in [0.05, 0.1) is 10.5 Å². The van der Waals surface area contributed by atoms with Crippen LogP contribution in [-0.2, 0) is 0 Å². The maximum atomic E-state index is 12.1. The van der Waals surface area contributed by atoms with E-state index in [-0.39, 0.29) is 5.56 Å². The largest absolute Gasteiger partial charge is 0.427 e. The molecule has 17 heavy (non-hydrogen) atoms. The number of carbonyl (C=O) groups is 1. The van der Waals surface area contributed by atoms with E-state index in [0.29, 0.717) is 3.57 Å². The Morgan fingerprint density at radius 3 is 2.53 bits per heavy atom. The Morgan fingerprint density at radius 1 is 1.53 bits per heavy atom. The number of carbonyl (C=O) groups excluding carboxylic acids is 1. The third-order valence-corrected chi connectivity index (χ3v) is 2.44.